The third-order valence-electron chi connectivity index (χ3n) is 4.19. The number of benzene rings is 1. The molecule has 160 valence electrons. The van der Waals surface area contributed by atoms with E-state index in [9.17, 15) is 14.0 Å². The Hall–Kier alpha value is -3.53. The van der Waals surface area contributed by atoms with Crippen LogP contribution in [0.5, 0.6) is 0 Å². The second-order valence-electron chi connectivity index (χ2n) is 6.49. The van der Waals surface area contributed by atoms with Gasteiger partial charge in [0.1, 0.15) is 5.82 Å². The number of nitrogens with zero attached hydrogens (tertiary/aromatic N) is 4. The maximum absolute atomic E-state index is 13.9. The minimum Gasteiger partial charge on any atom is -0.342 e. The number of carbonyl (C=O) groups is 2. The fraction of sp³-hybridized carbons (Fsp3) is 0.190. The van der Waals surface area contributed by atoms with Crippen LogP contribution in [-0.4, -0.2) is 37.3 Å². The first-order chi connectivity index (χ1) is 15.0. The number of thioether (sulfide) groups is 1. The van der Waals surface area contributed by atoms with E-state index in [1.54, 1.807) is 48.2 Å². The Kier molecular flexibility index (Phi) is 7.50. The van der Waals surface area contributed by atoms with Gasteiger partial charge in [0.2, 0.25) is 5.91 Å². The lowest BCUT2D eigenvalue weighted by atomic mass is 10.2. The normalized spacial score (nSPS) is 11.5. The number of carbonyl (C=O) groups excluding carboxylic acids is 2. The number of hydrogen-bond acceptors (Lipinski definition) is 6. The van der Waals surface area contributed by atoms with Crippen molar-refractivity contribution >= 4 is 29.3 Å². The van der Waals surface area contributed by atoms with E-state index in [0.717, 1.165) is 0 Å². The highest BCUT2D eigenvalue weighted by molar-refractivity contribution is 7.99. The molecule has 8 nitrogen and oxygen atoms in total. The van der Waals surface area contributed by atoms with Crippen molar-refractivity contribution in [1.29, 1.82) is 0 Å². The number of anilines is 1. The first-order valence-electron chi connectivity index (χ1n) is 9.41. The summed E-state index contributed by atoms with van der Waals surface area (Å²) >= 11 is 1.21. The van der Waals surface area contributed by atoms with Crippen LogP contribution in [0.25, 0.3) is 0 Å². The van der Waals surface area contributed by atoms with Gasteiger partial charge in [-0.05, 0) is 31.2 Å². The van der Waals surface area contributed by atoms with E-state index in [2.05, 4.69) is 32.4 Å². The number of pyridine rings is 1. The maximum Gasteiger partial charge on any atom is 0.254 e. The molecule has 1 atom stereocenters. The lowest BCUT2D eigenvalue weighted by molar-refractivity contribution is -0.113. The molecular weight excluding hydrogens is 419 g/mol. The average molecular weight is 441 g/mol. The topological polar surface area (TPSA) is 102 Å². The average Bonchev–Trinajstić information content (AvgIpc) is 3.16. The number of halogens is 1. The van der Waals surface area contributed by atoms with Crippen LogP contribution < -0.4 is 10.6 Å². The Morgan fingerprint density at radius 3 is 2.77 bits per heavy atom. The third-order valence-corrected chi connectivity index (χ3v) is 5.15. The highest BCUT2D eigenvalue weighted by Crippen LogP contribution is 2.21. The van der Waals surface area contributed by atoms with Gasteiger partial charge in [0.15, 0.2) is 11.0 Å². The van der Waals surface area contributed by atoms with Crippen LogP contribution in [0.1, 0.15) is 29.1 Å². The van der Waals surface area contributed by atoms with Crippen LogP contribution in [-0.2, 0) is 11.3 Å². The van der Waals surface area contributed by atoms with Crippen LogP contribution in [0, 0.1) is 5.82 Å². The second kappa shape index (κ2) is 10.5. The number of nitrogens with one attached hydrogen (secondary N) is 2. The zero-order valence-corrected chi connectivity index (χ0v) is 17.6. The quantitative estimate of drug-likeness (QED) is 0.391. The van der Waals surface area contributed by atoms with E-state index in [0.29, 0.717) is 23.2 Å². The first kappa shape index (κ1) is 22.2. The molecule has 0 saturated carbocycles. The molecule has 0 spiro atoms. The lowest BCUT2D eigenvalue weighted by Crippen LogP contribution is -2.29. The SMILES string of the molecule is C=CCn1c(SCC(=O)Nc2cccnc2)nnc1C(C)NC(=O)c1ccccc1F. The molecule has 0 aliphatic carbocycles. The van der Waals surface area contributed by atoms with Gasteiger partial charge in [0.25, 0.3) is 5.91 Å². The molecule has 0 saturated heterocycles. The summed E-state index contributed by atoms with van der Waals surface area (Å²) in [6.45, 7) is 5.85. The zero-order valence-electron chi connectivity index (χ0n) is 16.8. The van der Waals surface area contributed by atoms with Crippen molar-refractivity contribution in [3.8, 4) is 0 Å². The van der Waals surface area contributed by atoms with Gasteiger partial charge >= 0.3 is 0 Å². The first-order valence-corrected chi connectivity index (χ1v) is 10.4. The van der Waals surface area contributed by atoms with E-state index < -0.39 is 17.8 Å². The van der Waals surface area contributed by atoms with Gasteiger partial charge in [0.05, 0.1) is 29.2 Å². The van der Waals surface area contributed by atoms with Gasteiger partial charge in [-0.25, -0.2) is 4.39 Å². The second-order valence-corrected chi connectivity index (χ2v) is 7.44. The molecule has 1 unspecified atom stereocenters. The maximum atomic E-state index is 13.9. The monoisotopic (exact) mass is 440 g/mol. The van der Waals surface area contributed by atoms with Crippen LogP contribution in [0.2, 0.25) is 0 Å². The Morgan fingerprint density at radius 2 is 2.06 bits per heavy atom. The van der Waals surface area contributed by atoms with Crippen molar-refractivity contribution < 1.29 is 14.0 Å². The highest BCUT2D eigenvalue weighted by atomic mass is 32.2. The van der Waals surface area contributed by atoms with E-state index in [1.165, 1.54) is 30.0 Å². The molecular formula is C21H21FN6O2S. The van der Waals surface area contributed by atoms with Crippen molar-refractivity contribution in [2.24, 2.45) is 0 Å². The standard InChI is InChI=1S/C21H21FN6O2S/c1-3-11-28-19(14(2)24-20(30)16-8-4-5-9-17(16)22)26-27-21(28)31-13-18(29)25-15-7-6-10-23-12-15/h3-10,12,14H,1,11,13H2,2H3,(H,24,30)(H,25,29). The molecule has 0 fully saturated rings. The van der Waals surface area contributed by atoms with Crippen molar-refractivity contribution in [2.75, 3.05) is 11.1 Å². The molecule has 2 aromatic heterocycles. The van der Waals surface area contributed by atoms with E-state index in [-0.39, 0.29) is 17.2 Å². The summed E-state index contributed by atoms with van der Waals surface area (Å²) in [6.07, 6.45) is 4.84. The summed E-state index contributed by atoms with van der Waals surface area (Å²) in [5, 5.41) is 14.3. The summed E-state index contributed by atoms with van der Waals surface area (Å²) in [5.74, 6) is -0.784. The smallest absolute Gasteiger partial charge is 0.254 e. The van der Waals surface area contributed by atoms with Gasteiger partial charge < -0.3 is 15.2 Å². The van der Waals surface area contributed by atoms with Crippen molar-refractivity contribution in [3.05, 3.63) is 78.7 Å². The van der Waals surface area contributed by atoms with Crippen LogP contribution in [0.3, 0.4) is 0 Å². The van der Waals surface area contributed by atoms with Gasteiger partial charge in [-0.1, -0.05) is 30.0 Å². The molecule has 2 N–H and O–H groups in total. The number of allylic oxidation sites excluding steroid dienone is 1. The predicted molar refractivity (Wildman–Crippen MR) is 116 cm³/mol. The highest BCUT2D eigenvalue weighted by Gasteiger charge is 2.21. The van der Waals surface area contributed by atoms with Gasteiger partial charge in [0, 0.05) is 12.7 Å². The molecule has 3 aromatic rings. The minimum atomic E-state index is -0.601. The molecule has 0 bridgehead atoms. The van der Waals surface area contributed by atoms with Gasteiger partial charge in [-0.3, -0.25) is 14.6 Å². The summed E-state index contributed by atoms with van der Waals surface area (Å²) in [6, 6.07) is 8.68. The number of amides is 2. The molecule has 31 heavy (non-hydrogen) atoms. The van der Waals surface area contributed by atoms with Crippen LogP contribution >= 0.6 is 11.8 Å². The zero-order chi connectivity index (χ0) is 22.2. The van der Waals surface area contributed by atoms with Crippen LogP contribution in [0.4, 0.5) is 10.1 Å². The van der Waals surface area contributed by atoms with Gasteiger partial charge in [-0.2, -0.15) is 0 Å². The molecule has 10 heteroatoms. The van der Waals surface area contributed by atoms with Gasteiger partial charge in [-0.15, -0.1) is 16.8 Å². The van der Waals surface area contributed by atoms with E-state index >= 15 is 0 Å². The van der Waals surface area contributed by atoms with Crippen molar-refractivity contribution in [1.82, 2.24) is 25.1 Å². The molecule has 0 aliphatic heterocycles. The number of rotatable bonds is 9. The summed E-state index contributed by atoms with van der Waals surface area (Å²) < 4.78 is 15.6. The Labute approximate surface area is 183 Å². The predicted octanol–water partition coefficient (Wildman–Crippen LogP) is 3.22. The number of aromatic nitrogens is 4. The van der Waals surface area contributed by atoms with E-state index in [1.807, 2.05) is 0 Å². The minimum absolute atomic E-state index is 0.0502. The molecule has 0 radical (unpaired) electrons. The largest absolute Gasteiger partial charge is 0.342 e. The fourth-order valence-electron chi connectivity index (χ4n) is 2.78. The van der Waals surface area contributed by atoms with Crippen LogP contribution in [0.15, 0.2) is 66.6 Å². The molecule has 1 aromatic carbocycles. The lowest BCUT2D eigenvalue weighted by Gasteiger charge is -2.15. The summed E-state index contributed by atoms with van der Waals surface area (Å²) in [5.41, 5.74) is 0.552. The molecule has 0 aliphatic rings. The Morgan fingerprint density at radius 1 is 1.26 bits per heavy atom. The Bertz CT molecular complexity index is 1070. The van der Waals surface area contributed by atoms with E-state index in [4.69, 9.17) is 0 Å². The Balaban J connectivity index is 1.67. The fourth-order valence-corrected chi connectivity index (χ4v) is 3.53. The molecule has 2 heterocycles. The third kappa shape index (κ3) is 5.76. The molecule has 3 rings (SSSR count). The summed E-state index contributed by atoms with van der Waals surface area (Å²) in [4.78, 5) is 28.6. The van der Waals surface area contributed by atoms with Crippen molar-refractivity contribution in [3.63, 3.8) is 0 Å². The number of hydrogen-bond donors (Lipinski definition) is 2. The summed E-state index contributed by atoms with van der Waals surface area (Å²) in [7, 11) is 0. The van der Waals surface area contributed by atoms with Crippen molar-refractivity contribution in [2.45, 2.75) is 24.7 Å². The molecule has 2 amide bonds.